The van der Waals surface area contributed by atoms with Crippen LogP contribution in [0.3, 0.4) is 0 Å². The predicted molar refractivity (Wildman–Crippen MR) is 153 cm³/mol. The predicted octanol–water partition coefficient (Wildman–Crippen LogP) is 7.95. The van der Waals surface area contributed by atoms with E-state index in [1.807, 2.05) is 0 Å². The first-order chi connectivity index (χ1) is 18.3. The van der Waals surface area contributed by atoms with Crippen molar-refractivity contribution in [3.63, 3.8) is 0 Å². The Morgan fingerprint density at radius 2 is 0.868 bits per heavy atom. The van der Waals surface area contributed by atoms with Crippen LogP contribution in [0, 0.1) is 0 Å². The van der Waals surface area contributed by atoms with Crippen molar-refractivity contribution in [1.29, 1.82) is 0 Å². The highest BCUT2D eigenvalue weighted by Crippen LogP contribution is 2.24. The van der Waals surface area contributed by atoms with E-state index in [0.29, 0.717) is 5.75 Å². The lowest BCUT2D eigenvalue weighted by Gasteiger charge is -2.15. The minimum Gasteiger partial charge on any atom is -0.478 e. The third-order valence-electron chi connectivity index (χ3n) is 6.59. The fourth-order valence-electron chi connectivity index (χ4n) is 4.27. The fraction of sp³-hybridized carbons (Fsp3) is 0.484. The van der Waals surface area contributed by atoms with Gasteiger partial charge in [-0.25, -0.2) is 9.59 Å². The van der Waals surface area contributed by atoms with Crippen molar-refractivity contribution >= 4 is 35.3 Å². The molecular formula is C31H40O6S. The van der Waals surface area contributed by atoms with Crippen LogP contribution in [0.2, 0.25) is 0 Å². The van der Waals surface area contributed by atoms with E-state index in [9.17, 15) is 19.2 Å². The number of carboxylic acid groups (broad SMARTS) is 2. The number of rotatable bonds is 20. The molecular weight excluding hydrogens is 500 g/mol. The number of hydrogen-bond donors (Lipinski definition) is 2. The second-order valence-electron chi connectivity index (χ2n) is 9.63. The van der Waals surface area contributed by atoms with Gasteiger partial charge in [-0.3, -0.25) is 9.59 Å². The zero-order valence-corrected chi connectivity index (χ0v) is 23.1. The Morgan fingerprint density at radius 3 is 1.21 bits per heavy atom. The molecule has 38 heavy (non-hydrogen) atoms. The molecule has 0 bridgehead atoms. The Morgan fingerprint density at radius 1 is 0.553 bits per heavy atom. The lowest BCUT2D eigenvalue weighted by Crippen LogP contribution is -2.28. The molecule has 0 aromatic heterocycles. The molecule has 0 fully saturated rings. The standard InChI is InChI=1S/C31H40O6S/c1-2-3-4-5-6-7-8-9-10-11-12-13-22-38-29(27(32)23-14-18-25(19-15-23)30(34)35)28(33)24-16-20-26(21-17-24)31(36)37/h14-21,29H,2-13,22H2,1H3,(H,34,35)(H,36,37). The molecule has 0 unspecified atom stereocenters. The highest BCUT2D eigenvalue weighted by molar-refractivity contribution is 8.01. The number of unbranched alkanes of at least 4 members (excludes halogenated alkanes) is 11. The molecule has 2 aromatic rings. The number of carbonyl (C=O) groups is 4. The summed E-state index contributed by atoms with van der Waals surface area (Å²) >= 11 is 1.30. The van der Waals surface area contributed by atoms with Crippen LogP contribution >= 0.6 is 11.8 Å². The average Bonchev–Trinajstić information content (AvgIpc) is 2.92. The van der Waals surface area contributed by atoms with Gasteiger partial charge < -0.3 is 10.2 Å². The van der Waals surface area contributed by atoms with E-state index in [1.165, 1.54) is 118 Å². The van der Waals surface area contributed by atoms with Crippen molar-refractivity contribution in [2.24, 2.45) is 0 Å². The van der Waals surface area contributed by atoms with Gasteiger partial charge in [0, 0.05) is 11.1 Å². The minimum atomic E-state index is -1.09. The van der Waals surface area contributed by atoms with Crippen molar-refractivity contribution in [1.82, 2.24) is 0 Å². The highest BCUT2D eigenvalue weighted by atomic mass is 32.2. The van der Waals surface area contributed by atoms with Gasteiger partial charge in [-0.1, -0.05) is 102 Å². The van der Waals surface area contributed by atoms with Gasteiger partial charge in [0.05, 0.1) is 11.1 Å². The number of aromatic carboxylic acids is 2. The van der Waals surface area contributed by atoms with Crippen LogP contribution in [-0.2, 0) is 0 Å². The van der Waals surface area contributed by atoms with Gasteiger partial charge in [0.25, 0.3) is 0 Å². The zero-order valence-electron chi connectivity index (χ0n) is 22.3. The first-order valence-corrected chi connectivity index (χ1v) is 14.8. The van der Waals surface area contributed by atoms with Crippen molar-refractivity contribution in [3.8, 4) is 0 Å². The molecule has 0 saturated heterocycles. The number of carboxylic acids is 2. The van der Waals surface area contributed by atoms with Gasteiger partial charge in [0.2, 0.25) is 0 Å². The molecule has 2 N–H and O–H groups in total. The van der Waals surface area contributed by atoms with Crippen molar-refractivity contribution in [2.45, 2.75) is 89.2 Å². The van der Waals surface area contributed by atoms with Crippen molar-refractivity contribution in [2.75, 3.05) is 5.75 Å². The molecule has 2 aromatic carbocycles. The molecule has 0 atom stereocenters. The molecule has 6 nitrogen and oxygen atoms in total. The maximum atomic E-state index is 13.3. The molecule has 7 heteroatoms. The van der Waals surface area contributed by atoms with E-state index in [0.717, 1.165) is 19.3 Å². The maximum Gasteiger partial charge on any atom is 0.335 e. The number of hydrogen-bond acceptors (Lipinski definition) is 5. The number of thioether (sulfide) groups is 1. The SMILES string of the molecule is CCCCCCCCCCCCCCSC(C(=O)c1ccc(C(=O)O)cc1)C(=O)c1ccc(C(=O)O)cc1. The van der Waals surface area contributed by atoms with Gasteiger partial charge in [-0.05, 0) is 36.4 Å². The quantitative estimate of drug-likeness (QED) is 0.0996. The van der Waals surface area contributed by atoms with E-state index in [2.05, 4.69) is 6.92 Å². The van der Waals surface area contributed by atoms with Crippen LogP contribution in [0.4, 0.5) is 0 Å². The van der Waals surface area contributed by atoms with Crippen LogP contribution in [0.1, 0.15) is 125 Å². The second kappa shape index (κ2) is 17.6. The Bertz CT molecular complexity index is 960. The summed E-state index contributed by atoms with van der Waals surface area (Å²) in [6.45, 7) is 2.23. The van der Waals surface area contributed by atoms with Crippen LogP contribution in [0.15, 0.2) is 48.5 Å². The molecule has 0 aliphatic heterocycles. The molecule has 206 valence electrons. The maximum absolute atomic E-state index is 13.3. The lowest BCUT2D eigenvalue weighted by atomic mass is 9.99. The summed E-state index contributed by atoms with van der Waals surface area (Å²) in [6.07, 6.45) is 14.8. The molecule has 0 spiro atoms. The third kappa shape index (κ3) is 10.8. The van der Waals surface area contributed by atoms with Gasteiger partial charge in [0.1, 0.15) is 5.25 Å². The van der Waals surface area contributed by atoms with Gasteiger partial charge in [-0.2, -0.15) is 0 Å². The van der Waals surface area contributed by atoms with E-state index >= 15 is 0 Å². The summed E-state index contributed by atoms with van der Waals surface area (Å²) in [5.41, 5.74) is 0.686. The lowest BCUT2D eigenvalue weighted by molar-refractivity contribution is 0.0686. The normalized spacial score (nSPS) is 11.0. The third-order valence-corrected chi connectivity index (χ3v) is 7.88. The van der Waals surface area contributed by atoms with E-state index in [-0.39, 0.29) is 33.8 Å². The number of ketones is 2. The van der Waals surface area contributed by atoms with E-state index in [4.69, 9.17) is 10.2 Å². The summed E-state index contributed by atoms with van der Waals surface area (Å²) in [4.78, 5) is 48.9. The summed E-state index contributed by atoms with van der Waals surface area (Å²) in [5.74, 6) is -2.27. The molecule has 2 rings (SSSR count). The topological polar surface area (TPSA) is 109 Å². The van der Waals surface area contributed by atoms with Gasteiger partial charge in [0.15, 0.2) is 11.6 Å². The van der Waals surface area contributed by atoms with Crippen LogP contribution in [0.25, 0.3) is 0 Å². The van der Waals surface area contributed by atoms with Crippen LogP contribution in [-0.4, -0.2) is 44.7 Å². The zero-order chi connectivity index (χ0) is 27.8. The van der Waals surface area contributed by atoms with Gasteiger partial charge >= 0.3 is 11.9 Å². The summed E-state index contributed by atoms with van der Waals surface area (Å²) in [7, 11) is 0. The molecule has 0 amide bonds. The first kappa shape index (κ1) is 31.3. The monoisotopic (exact) mass is 540 g/mol. The van der Waals surface area contributed by atoms with E-state index in [1.54, 1.807) is 0 Å². The van der Waals surface area contributed by atoms with Crippen molar-refractivity contribution < 1.29 is 29.4 Å². The smallest absolute Gasteiger partial charge is 0.335 e. The minimum absolute atomic E-state index is 0.0674. The molecule has 0 radical (unpaired) electrons. The molecule has 0 aliphatic rings. The summed E-state index contributed by atoms with van der Waals surface area (Å²) in [5, 5.41) is 17.3. The molecule has 0 heterocycles. The van der Waals surface area contributed by atoms with Crippen molar-refractivity contribution in [3.05, 3.63) is 70.8 Å². The Balaban J connectivity index is 1.89. The molecule has 0 saturated carbocycles. The van der Waals surface area contributed by atoms with E-state index < -0.39 is 17.2 Å². The number of benzene rings is 2. The number of Topliss-reactive ketones (excluding diaryl/α,β-unsaturated/α-hetero) is 2. The summed E-state index contributed by atoms with van der Waals surface area (Å²) < 4.78 is 0. The van der Waals surface area contributed by atoms with Crippen LogP contribution in [0.5, 0.6) is 0 Å². The Labute approximate surface area is 230 Å². The largest absolute Gasteiger partial charge is 0.478 e. The second-order valence-corrected chi connectivity index (χ2v) is 10.8. The van der Waals surface area contributed by atoms with Crippen LogP contribution < -0.4 is 0 Å². The first-order valence-electron chi connectivity index (χ1n) is 13.7. The Kier molecular flexibility index (Phi) is 14.5. The number of carbonyl (C=O) groups excluding carboxylic acids is 2. The highest BCUT2D eigenvalue weighted by Gasteiger charge is 2.29. The summed E-state index contributed by atoms with van der Waals surface area (Å²) in [6, 6.07) is 11.2. The fourth-order valence-corrected chi connectivity index (χ4v) is 5.45. The molecule has 0 aliphatic carbocycles. The van der Waals surface area contributed by atoms with Gasteiger partial charge in [-0.15, -0.1) is 11.8 Å². The average molecular weight is 541 g/mol. The Hall–Kier alpha value is -2.93.